The standard InChI is InChI=1S/C34H38FNO2SSi/c1-34(2,3)40(4,5)38-24-10-9-13-30-32(29(37)19-14-25-11-7-6-8-12-25)31(26-20-22-36-23-21-26)33(39-30)27-15-17-28(35)18-16-27/h6-8,11-12,15-18,20-23,29,37H,10,14,19,24H2,1-5H3. The van der Waals surface area contributed by atoms with Crippen molar-refractivity contribution in [2.75, 3.05) is 6.61 Å². The molecule has 2 aromatic carbocycles. The molecular formula is C34H38FNO2SSi. The Morgan fingerprint density at radius 3 is 2.30 bits per heavy atom. The van der Waals surface area contributed by atoms with Crippen LogP contribution in [0.2, 0.25) is 18.1 Å². The van der Waals surface area contributed by atoms with Crippen molar-refractivity contribution in [2.24, 2.45) is 0 Å². The molecule has 2 aromatic heterocycles. The molecule has 4 rings (SSSR count). The van der Waals surface area contributed by atoms with Gasteiger partial charge in [0.2, 0.25) is 0 Å². The number of benzene rings is 2. The van der Waals surface area contributed by atoms with Gasteiger partial charge in [-0.15, -0.1) is 11.3 Å². The van der Waals surface area contributed by atoms with E-state index in [-0.39, 0.29) is 10.9 Å². The Morgan fingerprint density at radius 2 is 1.65 bits per heavy atom. The van der Waals surface area contributed by atoms with E-state index < -0.39 is 14.4 Å². The van der Waals surface area contributed by atoms with Crippen LogP contribution >= 0.6 is 11.3 Å². The first kappa shape index (κ1) is 29.9. The van der Waals surface area contributed by atoms with Gasteiger partial charge < -0.3 is 9.53 Å². The maximum absolute atomic E-state index is 13.8. The van der Waals surface area contributed by atoms with Crippen molar-refractivity contribution in [3.63, 3.8) is 0 Å². The number of aromatic nitrogens is 1. The Balaban J connectivity index is 1.73. The van der Waals surface area contributed by atoms with Crippen LogP contribution in [0.5, 0.6) is 0 Å². The summed E-state index contributed by atoms with van der Waals surface area (Å²) in [6, 6.07) is 20.6. The summed E-state index contributed by atoms with van der Waals surface area (Å²) in [5.74, 6) is 6.42. The van der Waals surface area contributed by atoms with Crippen LogP contribution in [-0.2, 0) is 10.8 Å². The van der Waals surface area contributed by atoms with E-state index in [0.29, 0.717) is 19.4 Å². The minimum atomic E-state index is -1.85. The van der Waals surface area contributed by atoms with Gasteiger partial charge in [-0.2, -0.15) is 0 Å². The van der Waals surface area contributed by atoms with E-state index in [1.807, 2.05) is 30.3 Å². The van der Waals surface area contributed by atoms with Gasteiger partial charge in [-0.25, -0.2) is 4.39 Å². The fourth-order valence-electron chi connectivity index (χ4n) is 4.27. The Kier molecular flexibility index (Phi) is 9.75. The normalized spacial score (nSPS) is 12.6. The summed E-state index contributed by atoms with van der Waals surface area (Å²) < 4.78 is 20.1. The molecule has 0 bridgehead atoms. The second kappa shape index (κ2) is 13.1. The summed E-state index contributed by atoms with van der Waals surface area (Å²) in [5, 5.41) is 11.8. The largest absolute Gasteiger partial charge is 0.416 e. The average Bonchev–Trinajstić information content (AvgIpc) is 3.32. The number of aliphatic hydroxyl groups is 1. The molecule has 6 heteroatoms. The lowest BCUT2D eigenvalue weighted by molar-refractivity contribution is 0.168. The van der Waals surface area contributed by atoms with Crippen LogP contribution in [0.25, 0.3) is 21.6 Å². The Bertz CT molecular complexity index is 1450. The van der Waals surface area contributed by atoms with Gasteiger partial charge >= 0.3 is 0 Å². The highest BCUT2D eigenvalue weighted by atomic mass is 32.1. The first-order valence-electron chi connectivity index (χ1n) is 13.7. The van der Waals surface area contributed by atoms with E-state index in [9.17, 15) is 9.50 Å². The minimum Gasteiger partial charge on any atom is -0.416 e. The van der Waals surface area contributed by atoms with Crippen molar-refractivity contribution in [3.8, 4) is 33.4 Å². The van der Waals surface area contributed by atoms with Gasteiger partial charge in [0.25, 0.3) is 0 Å². The Labute approximate surface area is 243 Å². The number of aliphatic hydroxyl groups excluding tert-OH is 1. The molecule has 1 N–H and O–H groups in total. The summed E-state index contributed by atoms with van der Waals surface area (Å²) in [5.41, 5.74) is 4.78. The zero-order valence-electron chi connectivity index (χ0n) is 24.0. The van der Waals surface area contributed by atoms with Crippen molar-refractivity contribution in [3.05, 3.63) is 101 Å². The summed E-state index contributed by atoms with van der Waals surface area (Å²) in [6.45, 7) is 11.8. The molecule has 2 heterocycles. The molecule has 0 aliphatic heterocycles. The van der Waals surface area contributed by atoms with E-state index in [0.717, 1.165) is 38.4 Å². The third kappa shape index (κ3) is 7.35. The van der Waals surface area contributed by atoms with E-state index in [2.05, 4.69) is 62.8 Å². The van der Waals surface area contributed by atoms with E-state index in [1.165, 1.54) is 17.7 Å². The lowest BCUT2D eigenvalue weighted by Crippen LogP contribution is -2.40. The number of hydrogen-bond donors (Lipinski definition) is 1. The van der Waals surface area contributed by atoms with Gasteiger partial charge in [-0.3, -0.25) is 4.98 Å². The van der Waals surface area contributed by atoms with E-state index in [1.54, 1.807) is 35.9 Å². The number of hydrogen-bond acceptors (Lipinski definition) is 4. The third-order valence-corrected chi connectivity index (χ3v) is 13.3. The summed E-state index contributed by atoms with van der Waals surface area (Å²) in [7, 11) is -1.85. The van der Waals surface area contributed by atoms with Crippen molar-refractivity contribution in [1.82, 2.24) is 4.98 Å². The van der Waals surface area contributed by atoms with Crippen molar-refractivity contribution in [1.29, 1.82) is 0 Å². The van der Waals surface area contributed by atoms with Crippen LogP contribution < -0.4 is 0 Å². The molecule has 0 aliphatic rings. The number of pyridine rings is 1. The number of rotatable bonds is 9. The molecular weight excluding hydrogens is 534 g/mol. The molecule has 0 spiro atoms. The number of thiophene rings is 1. The first-order chi connectivity index (χ1) is 19.1. The monoisotopic (exact) mass is 571 g/mol. The molecule has 0 radical (unpaired) electrons. The molecule has 0 saturated carbocycles. The molecule has 40 heavy (non-hydrogen) atoms. The molecule has 0 amide bonds. The predicted octanol–water partition coefficient (Wildman–Crippen LogP) is 9.05. The molecule has 4 aromatic rings. The Hall–Kier alpha value is -3.08. The molecule has 1 unspecified atom stereocenters. The van der Waals surface area contributed by atoms with Crippen molar-refractivity contribution >= 4 is 19.7 Å². The average molecular weight is 572 g/mol. The highest BCUT2D eigenvalue weighted by Gasteiger charge is 2.36. The minimum absolute atomic E-state index is 0.147. The van der Waals surface area contributed by atoms with Gasteiger partial charge in [-0.1, -0.05) is 75.1 Å². The van der Waals surface area contributed by atoms with Crippen LogP contribution in [0.1, 0.15) is 55.7 Å². The van der Waals surface area contributed by atoms with E-state index in [4.69, 9.17) is 4.43 Å². The molecule has 0 saturated heterocycles. The van der Waals surface area contributed by atoms with Crippen LogP contribution in [0, 0.1) is 17.7 Å². The third-order valence-electron chi connectivity index (χ3n) is 7.60. The van der Waals surface area contributed by atoms with Crippen molar-refractivity contribution in [2.45, 2.75) is 64.3 Å². The Morgan fingerprint density at radius 1 is 0.975 bits per heavy atom. The van der Waals surface area contributed by atoms with Crippen LogP contribution in [0.15, 0.2) is 79.1 Å². The van der Waals surface area contributed by atoms with Crippen LogP contribution in [0.4, 0.5) is 4.39 Å². The number of halogens is 1. The van der Waals surface area contributed by atoms with Gasteiger partial charge in [0, 0.05) is 41.4 Å². The highest BCUT2D eigenvalue weighted by Crippen LogP contribution is 2.46. The second-order valence-electron chi connectivity index (χ2n) is 11.5. The van der Waals surface area contributed by atoms with Gasteiger partial charge in [0.05, 0.1) is 11.0 Å². The fraction of sp³-hybridized carbons (Fsp3) is 0.324. The lowest BCUT2D eigenvalue weighted by atomic mass is 9.92. The number of aryl methyl sites for hydroxylation is 1. The first-order valence-corrected chi connectivity index (χ1v) is 17.5. The SMILES string of the molecule is CC(C)(C)[Si](C)(C)OCCC#Cc1sc(-c2ccc(F)cc2)c(-c2ccncc2)c1C(O)CCc1ccccc1. The van der Waals surface area contributed by atoms with Gasteiger partial charge in [0.1, 0.15) is 5.82 Å². The van der Waals surface area contributed by atoms with E-state index >= 15 is 0 Å². The maximum atomic E-state index is 13.8. The molecule has 1 atom stereocenters. The molecule has 3 nitrogen and oxygen atoms in total. The summed E-state index contributed by atoms with van der Waals surface area (Å²) >= 11 is 1.55. The summed E-state index contributed by atoms with van der Waals surface area (Å²) in [6.07, 6.45) is 4.70. The predicted molar refractivity (Wildman–Crippen MR) is 167 cm³/mol. The topological polar surface area (TPSA) is 42.4 Å². The van der Waals surface area contributed by atoms with Gasteiger partial charge in [0.15, 0.2) is 8.32 Å². The fourth-order valence-corrected chi connectivity index (χ4v) is 6.58. The van der Waals surface area contributed by atoms with Crippen LogP contribution in [-0.4, -0.2) is 25.0 Å². The zero-order chi connectivity index (χ0) is 28.8. The molecule has 0 aliphatic carbocycles. The maximum Gasteiger partial charge on any atom is 0.192 e. The smallest absolute Gasteiger partial charge is 0.192 e. The second-order valence-corrected chi connectivity index (χ2v) is 17.3. The molecule has 208 valence electrons. The van der Waals surface area contributed by atoms with Gasteiger partial charge in [-0.05, 0) is 71.9 Å². The summed E-state index contributed by atoms with van der Waals surface area (Å²) in [4.78, 5) is 5.99. The quantitative estimate of drug-likeness (QED) is 0.124. The van der Waals surface area contributed by atoms with Crippen LogP contribution in [0.3, 0.4) is 0 Å². The lowest BCUT2D eigenvalue weighted by Gasteiger charge is -2.35. The van der Waals surface area contributed by atoms with Crippen molar-refractivity contribution < 1.29 is 13.9 Å². The molecule has 0 fully saturated rings. The highest BCUT2D eigenvalue weighted by molar-refractivity contribution is 7.17. The number of nitrogens with zero attached hydrogens (tertiary/aromatic N) is 1. The zero-order valence-corrected chi connectivity index (χ0v) is 25.8.